The number of carbonyl (C=O) groups is 2. The third-order valence-corrected chi connectivity index (χ3v) is 7.72. The summed E-state index contributed by atoms with van der Waals surface area (Å²) >= 11 is 0. The highest BCUT2D eigenvalue weighted by atomic mass is 31.2. The lowest BCUT2D eigenvalue weighted by Crippen LogP contribution is -2.50. The Morgan fingerprint density at radius 2 is 1.87 bits per heavy atom. The predicted molar refractivity (Wildman–Crippen MR) is 144 cm³/mol. The van der Waals surface area contributed by atoms with E-state index in [0.717, 1.165) is 19.3 Å². The number of nitrogens with two attached hydrogens (primary N) is 1. The Hall–Kier alpha value is -2.60. The standard InChI is InChI=1S/C24H42N7O6P/c1-8-9-10-11-35-22(32)18(5)29-38(34,30-24(6,7)23(33)37-16(2)3)15-36-17(4)12-31-14-28-19-20(25)26-13-27-21(19)31/h13-14,16-18H,8-12,15H2,1-7H3,(H2,25,26,27)(H2,29,30,34)/t17-,18-,38?/m1/s1. The zero-order chi connectivity index (χ0) is 28.5. The van der Waals surface area contributed by atoms with Crippen LogP contribution in [-0.4, -0.2) is 68.2 Å². The number of carbonyl (C=O) groups excluding carboxylic acids is 2. The summed E-state index contributed by atoms with van der Waals surface area (Å²) < 4.78 is 32.4. The van der Waals surface area contributed by atoms with Gasteiger partial charge in [0.2, 0.25) is 7.44 Å². The number of esters is 2. The third kappa shape index (κ3) is 9.30. The summed E-state index contributed by atoms with van der Waals surface area (Å²) in [5.41, 5.74) is 5.55. The molecular formula is C24H42N7O6P. The smallest absolute Gasteiger partial charge is 0.326 e. The van der Waals surface area contributed by atoms with Crippen molar-refractivity contribution in [3.8, 4) is 0 Å². The average molecular weight is 556 g/mol. The normalized spacial score (nSPS) is 15.3. The van der Waals surface area contributed by atoms with Gasteiger partial charge in [-0.2, -0.15) is 0 Å². The minimum atomic E-state index is -3.69. The van der Waals surface area contributed by atoms with Gasteiger partial charge in [-0.3, -0.25) is 14.2 Å². The maximum Gasteiger partial charge on any atom is 0.326 e. The molecule has 0 spiro atoms. The molecule has 0 aromatic carbocycles. The van der Waals surface area contributed by atoms with Crippen LogP contribution in [0.2, 0.25) is 0 Å². The summed E-state index contributed by atoms with van der Waals surface area (Å²) in [6.45, 7) is 12.6. The second-order valence-electron chi connectivity index (χ2n) is 10.1. The molecule has 13 nitrogen and oxygen atoms in total. The SMILES string of the molecule is CCCCCOC(=O)[C@@H](C)NP(=O)(CO[C@H](C)Cn1cnc2c(N)ncnc21)NC(C)(C)C(=O)OC(C)C. The predicted octanol–water partition coefficient (Wildman–Crippen LogP) is 3.00. The van der Waals surface area contributed by atoms with E-state index < -0.39 is 37.1 Å². The van der Waals surface area contributed by atoms with E-state index in [1.54, 1.807) is 52.4 Å². The molecule has 0 fully saturated rings. The number of fused-ring (bicyclic) bond motifs is 1. The number of hydrogen-bond donors (Lipinski definition) is 3. The van der Waals surface area contributed by atoms with Crippen molar-refractivity contribution in [1.82, 2.24) is 29.7 Å². The molecule has 1 unspecified atom stereocenters. The molecule has 0 radical (unpaired) electrons. The summed E-state index contributed by atoms with van der Waals surface area (Å²) in [4.78, 5) is 37.6. The number of ether oxygens (including phenoxy) is 3. The molecule has 0 saturated carbocycles. The Balaban J connectivity index is 2.14. The molecule has 214 valence electrons. The molecule has 14 heteroatoms. The zero-order valence-electron chi connectivity index (χ0n) is 23.4. The Bertz CT molecular complexity index is 1120. The van der Waals surface area contributed by atoms with Crippen molar-refractivity contribution < 1.29 is 28.4 Å². The molecule has 2 heterocycles. The molecule has 3 atom stereocenters. The summed E-state index contributed by atoms with van der Waals surface area (Å²) in [6, 6.07) is -0.914. The summed E-state index contributed by atoms with van der Waals surface area (Å²) in [7, 11) is -3.69. The molecule has 2 aromatic rings. The van der Waals surface area contributed by atoms with E-state index in [1.807, 2.05) is 0 Å². The lowest BCUT2D eigenvalue weighted by Gasteiger charge is -2.32. The van der Waals surface area contributed by atoms with Crippen molar-refractivity contribution in [1.29, 1.82) is 0 Å². The van der Waals surface area contributed by atoms with E-state index in [-0.39, 0.29) is 24.9 Å². The molecule has 38 heavy (non-hydrogen) atoms. The van der Waals surface area contributed by atoms with E-state index in [2.05, 4.69) is 32.1 Å². The molecule has 0 amide bonds. The molecule has 2 aromatic heterocycles. The fraction of sp³-hybridized carbons (Fsp3) is 0.708. The maximum absolute atomic E-state index is 14.1. The van der Waals surface area contributed by atoms with Crippen molar-refractivity contribution in [2.45, 2.75) is 98.1 Å². The van der Waals surface area contributed by atoms with Gasteiger partial charge in [-0.05, 0) is 48.0 Å². The molecule has 0 bridgehead atoms. The van der Waals surface area contributed by atoms with Gasteiger partial charge in [-0.1, -0.05) is 19.8 Å². The lowest BCUT2D eigenvalue weighted by atomic mass is 10.1. The van der Waals surface area contributed by atoms with Crippen LogP contribution >= 0.6 is 7.44 Å². The molecule has 0 aliphatic heterocycles. The summed E-state index contributed by atoms with van der Waals surface area (Å²) in [5, 5.41) is 5.70. The lowest BCUT2D eigenvalue weighted by molar-refractivity contribution is -0.153. The van der Waals surface area contributed by atoms with Crippen LogP contribution < -0.4 is 15.9 Å². The average Bonchev–Trinajstić information content (AvgIpc) is 3.23. The summed E-state index contributed by atoms with van der Waals surface area (Å²) in [6.07, 6.45) is 4.50. The second-order valence-corrected chi connectivity index (χ2v) is 12.3. The highest BCUT2D eigenvalue weighted by Gasteiger charge is 2.39. The van der Waals surface area contributed by atoms with Crippen molar-refractivity contribution in [3.63, 3.8) is 0 Å². The topological polar surface area (TPSA) is 173 Å². The second kappa shape index (κ2) is 14.0. The molecule has 0 aliphatic rings. The minimum absolute atomic E-state index is 0.270. The number of hydrogen-bond acceptors (Lipinski definition) is 10. The molecule has 0 aliphatic carbocycles. The number of nitrogens with one attached hydrogen (secondary N) is 2. The first-order valence-corrected chi connectivity index (χ1v) is 14.7. The van der Waals surface area contributed by atoms with Crippen molar-refractivity contribution in [2.24, 2.45) is 0 Å². The van der Waals surface area contributed by atoms with Crippen LogP contribution in [0.4, 0.5) is 5.82 Å². The van der Waals surface area contributed by atoms with E-state index in [0.29, 0.717) is 17.7 Å². The van der Waals surface area contributed by atoms with E-state index in [9.17, 15) is 14.2 Å². The highest BCUT2D eigenvalue weighted by molar-refractivity contribution is 7.59. The number of imidazole rings is 1. The van der Waals surface area contributed by atoms with Crippen LogP contribution in [0.5, 0.6) is 0 Å². The Morgan fingerprint density at radius 1 is 1.16 bits per heavy atom. The van der Waals surface area contributed by atoms with Crippen LogP contribution in [0.15, 0.2) is 12.7 Å². The number of rotatable bonds is 16. The molecular weight excluding hydrogens is 513 g/mol. The van der Waals surface area contributed by atoms with Gasteiger partial charge < -0.3 is 24.5 Å². The molecule has 0 saturated heterocycles. The largest absolute Gasteiger partial charge is 0.465 e. The Morgan fingerprint density at radius 3 is 2.53 bits per heavy atom. The van der Waals surface area contributed by atoms with Crippen LogP contribution in [0.25, 0.3) is 11.2 Å². The number of aromatic nitrogens is 4. The third-order valence-electron chi connectivity index (χ3n) is 5.49. The van der Waals surface area contributed by atoms with Gasteiger partial charge in [0.15, 0.2) is 11.5 Å². The molecule has 4 N–H and O–H groups in total. The fourth-order valence-electron chi connectivity index (χ4n) is 3.57. The number of anilines is 1. The number of nitrogen functional groups attached to an aromatic ring is 1. The van der Waals surface area contributed by atoms with Gasteiger partial charge in [0, 0.05) is 0 Å². The first kappa shape index (κ1) is 31.6. The van der Waals surface area contributed by atoms with E-state index in [1.165, 1.54) is 6.33 Å². The van der Waals surface area contributed by atoms with Gasteiger partial charge in [-0.25, -0.2) is 25.1 Å². The fourth-order valence-corrected chi connectivity index (χ4v) is 5.96. The van der Waals surface area contributed by atoms with Crippen molar-refractivity contribution >= 4 is 36.4 Å². The van der Waals surface area contributed by atoms with Gasteiger partial charge in [-0.15, -0.1) is 0 Å². The quantitative estimate of drug-likeness (QED) is 0.157. The number of unbranched alkanes of at least 4 members (excludes halogenated alkanes) is 2. The first-order valence-electron chi connectivity index (χ1n) is 12.8. The van der Waals surface area contributed by atoms with E-state index in [4.69, 9.17) is 19.9 Å². The highest BCUT2D eigenvalue weighted by Crippen LogP contribution is 2.40. The van der Waals surface area contributed by atoms with Gasteiger partial charge >= 0.3 is 11.9 Å². The first-order chi connectivity index (χ1) is 17.8. The summed E-state index contributed by atoms with van der Waals surface area (Å²) in [5.74, 6) is -0.855. The van der Waals surface area contributed by atoms with Gasteiger partial charge in [0.25, 0.3) is 0 Å². The van der Waals surface area contributed by atoms with Crippen LogP contribution in [-0.2, 0) is 34.9 Å². The maximum atomic E-state index is 14.1. The van der Waals surface area contributed by atoms with E-state index >= 15 is 0 Å². The monoisotopic (exact) mass is 555 g/mol. The van der Waals surface area contributed by atoms with Crippen molar-refractivity contribution in [2.75, 3.05) is 18.7 Å². The van der Waals surface area contributed by atoms with Gasteiger partial charge in [0.1, 0.15) is 29.8 Å². The minimum Gasteiger partial charge on any atom is -0.465 e. The van der Waals surface area contributed by atoms with Crippen LogP contribution in [0, 0.1) is 0 Å². The van der Waals surface area contributed by atoms with Crippen molar-refractivity contribution in [3.05, 3.63) is 12.7 Å². The van der Waals surface area contributed by atoms with Crippen LogP contribution in [0.1, 0.15) is 67.7 Å². The molecule has 2 rings (SSSR count). The van der Waals surface area contributed by atoms with Gasteiger partial charge in [0.05, 0.1) is 31.7 Å². The number of nitrogens with zero attached hydrogens (tertiary/aromatic N) is 4. The Kier molecular flexibility index (Phi) is 11.6. The van der Waals surface area contributed by atoms with Crippen LogP contribution in [0.3, 0.4) is 0 Å². The Labute approximate surface area is 224 Å². The zero-order valence-corrected chi connectivity index (χ0v) is 24.3.